The molecule has 0 heterocycles. The van der Waals surface area contributed by atoms with Gasteiger partial charge in [-0.1, -0.05) is 32.4 Å². The van der Waals surface area contributed by atoms with Gasteiger partial charge in [0, 0.05) is 23.7 Å². The highest BCUT2D eigenvalue weighted by molar-refractivity contribution is 6.30. The lowest BCUT2D eigenvalue weighted by Gasteiger charge is -2.23. The first-order chi connectivity index (χ1) is 8.80. The standard InChI is InChI=1S/C15H24ClNO2/c1-11(18)10-17-7-8-19-14-6-5-12(16)9-13(14)15(2,3)4/h5-6,9,11,17-18H,7-8,10H2,1-4H3/t11-/m0/s1. The van der Waals surface area contributed by atoms with E-state index in [-0.39, 0.29) is 11.5 Å². The lowest BCUT2D eigenvalue weighted by Crippen LogP contribution is -2.28. The van der Waals surface area contributed by atoms with Gasteiger partial charge in [-0.2, -0.15) is 0 Å². The van der Waals surface area contributed by atoms with Crippen molar-refractivity contribution >= 4 is 11.6 Å². The van der Waals surface area contributed by atoms with Crippen LogP contribution in [0.1, 0.15) is 33.3 Å². The molecule has 0 fully saturated rings. The molecule has 0 aliphatic carbocycles. The van der Waals surface area contributed by atoms with Gasteiger partial charge in [0.15, 0.2) is 0 Å². The number of nitrogens with one attached hydrogen (secondary N) is 1. The van der Waals surface area contributed by atoms with Crippen LogP contribution in [0.2, 0.25) is 5.02 Å². The highest BCUT2D eigenvalue weighted by atomic mass is 35.5. The van der Waals surface area contributed by atoms with Crippen molar-refractivity contribution in [2.45, 2.75) is 39.2 Å². The van der Waals surface area contributed by atoms with E-state index < -0.39 is 0 Å². The Bertz CT molecular complexity index is 400. The summed E-state index contributed by atoms with van der Waals surface area (Å²) >= 11 is 6.05. The van der Waals surface area contributed by atoms with Gasteiger partial charge in [0.2, 0.25) is 0 Å². The first kappa shape index (κ1) is 16.3. The van der Waals surface area contributed by atoms with Gasteiger partial charge in [0.25, 0.3) is 0 Å². The topological polar surface area (TPSA) is 41.5 Å². The van der Waals surface area contributed by atoms with Crippen LogP contribution in [0.3, 0.4) is 0 Å². The molecule has 19 heavy (non-hydrogen) atoms. The molecule has 0 saturated heterocycles. The van der Waals surface area contributed by atoms with Crippen LogP contribution < -0.4 is 10.1 Å². The molecule has 1 aromatic carbocycles. The highest BCUT2D eigenvalue weighted by Crippen LogP contribution is 2.33. The third kappa shape index (κ3) is 5.81. The van der Waals surface area contributed by atoms with E-state index in [1.54, 1.807) is 6.92 Å². The van der Waals surface area contributed by atoms with Crippen LogP contribution in [0.5, 0.6) is 5.75 Å². The van der Waals surface area contributed by atoms with Gasteiger partial charge in [-0.3, -0.25) is 0 Å². The van der Waals surface area contributed by atoms with Crippen LogP contribution in [0.25, 0.3) is 0 Å². The van der Waals surface area contributed by atoms with Crippen LogP contribution >= 0.6 is 11.6 Å². The maximum absolute atomic E-state index is 9.13. The normalized spacial score (nSPS) is 13.4. The Kier molecular flexibility index (Phi) is 6.11. The van der Waals surface area contributed by atoms with Crippen LogP contribution in [-0.2, 0) is 5.41 Å². The number of halogens is 1. The molecule has 1 atom stereocenters. The molecule has 0 bridgehead atoms. The molecule has 0 aliphatic rings. The fourth-order valence-corrected chi connectivity index (χ4v) is 1.93. The van der Waals surface area contributed by atoms with Crippen LogP contribution in [0.15, 0.2) is 18.2 Å². The summed E-state index contributed by atoms with van der Waals surface area (Å²) in [5.74, 6) is 0.871. The summed E-state index contributed by atoms with van der Waals surface area (Å²) < 4.78 is 5.80. The summed E-state index contributed by atoms with van der Waals surface area (Å²) in [4.78, 5) is 0. The molecule has 0 spiro atoms. The van der Waals surface area contributed by atoms with Crippen molar-refractivity contribution in [3.8, 4) is 5.75 Å². The zero-order chi connectivity index (χ0) is 14.5. The van der Waals surface area contributed by atoms with Crippen LogP contribution in [0, 0.1) is 0 Å². The minimum atomic E-state index is -0.333. The maximum Gasteiger partial charge on any atom is 0.123 e. The molecule has 108 valence electrons. The van der Waals surface area contributed by atoms with Gasteiger partial charge in [-0.05, 0) is 30.5 Å². The smallest absolute Gasteiger partial charge is 0.123 e. The molecule has 3 nitrogen and oxygen atoms in total. The zero-order valence-electron chi connectivity index (χ0n) is 12.2. The fourth-order valence-electron chi connectivity index (χ4n) is 1.76. The summed E-state index contributed by atoms with van der Waals surface area (Å²) in [6.45, 7) is 10.0. The molecule has 0 radical (unpaired) electrons. The van der Waals surface area contributed by atoms with Crippen molar-refractivity contribution in [2.24, 2.45) is 0 Å². The molecular formula is C15H24ClNO2. The Labute approximate surface area is 120 Å². The monoisotopic (exact) mass is 285 g/mol. The molecule has 0 unspecified atom stereocenters. The molecule has 0 aromatic heterocycles. The van der Waals surface area contributed by atoms with E-state index in [1.807, 2.05) is 18.2 Å². The summed E-state index contributed by atoms with van der Waals surface area (Å²) in [5, 5.41) is 13.0. The van der Waals surface area contributed by atoms with Crippen molar-refractivity contribution in [2.75, 3.05) is 19.7 Å². The van der Waals surface area contributed by atoms with E-state index >= 15 is 0 Å². The molecule has 0 saturated carbocycles. The van der Waals surface area contributed by atoms with Crippen molar-refractivity contribution in [1.29, 1.82) is 0 Å². The van der Waals surface area contributed by atoms with E-state index in [0.29, 0.717) is 19.7 Å². The summed E-state index contributed by atoms with van der Waals surface area (Å²) in [6, 6.07) is 5.72. The second kappa shape index (κ2) is 7.13. The summed E-state index contributed by atoms with van der Waals surface area (Å²) in [7, 11) is 0. The summed E-state index contributed by atoms with van der Waals surface area (Å²) in [5.41, 5.74) is 1.10. The first-order valence-electron chi connectivity index (χ1n) is 6.62. The average molecular weight is 286 g/mol. The Hall–Kier alpha value is -0.770. The zero-order valence-corrected chi connectivity index (χ0v) is 12.9. The Balaban J connectivity index is 2.58. The second-order valence-electron chi connectivity index (χ2n) is 5.79. The SMILES string of the molecule is C[C@H](O)CNCCOc1ccc(Cl)cc1C(C)(C)C. The van der Waals surface area contributed by atoms with Gasteiger partial charge in [0.1, 0.15) is 12.4 Å². The number of rotatable bonds is 6. The molecule has 1 aromatic rings. The molecule has 1 rings (SSSR count). The van der Waals surface area contributed by atoms with Crippen molar-refractivity contribution in [3.05, 3.63) is 28.8 Å². The molecule has 0 amide bonds. The largest absolute Gasteiger partial charge is 0.492 e. The lowest BCUT2D eigenvalue weighted by molar-refractivity contribution is 0.188. The fraction of sp³-hybridized carbons (Fsp3) is 0.600. The highest BCUT2D eigenvalue weighted by Gasteiger charge is 2.19. The average Bonchev–Trinajstić information content (AvgIpc) is 2.28. The predicted octanol–water partition coefficient (Wildman–Crippen LogP) is 2.99. The number of benzene rings is 1. The van der Waals surface area contributed by atoms with E-state index in [1.165, 1.54) is 0 Å². The van der Waals surface area contributed by atoms with Crippen LogP contribution in [-0.4, -0.2) is 30.9 Å². The molecule has 4 heteroatoms. The quantitative estimate of drug-likeness (QED) is 0.790. The number of hydrogen-bond acceptors (Lipinski definition) is 3. The number of aliphatic hydroxyl groups excluding tert-OH is 1. The van der Waals surface area contributed by atoms with E-state index in [2.05, 4.69) is 26.1 Å². The van der Waals surface area contributed by atoms with E-state index in [4.69, 9.17) is 21.4 Å². The van der Waals surface area contributed by atoms with Crippen LogP contribution in [0.4, 0.5) is 0 Å². The van der Waals surface area contributed by atoms with Crippen molar-refractivity contribution in [1.82, 2.24) is 5.32 Å². The molecule has 2 N–H and O–H groups in total. The van der Waals surface area contributed by atoms with Gasteiger partial charge in [-0.15, -0.1) is 0 Å². The maximum atomic E-state index is 9.13. The van der Waals surface area contributed by atoms with Crippen molar-refractivity contribution < 1.29 is 9.84 Å². The first-order valence-corrected chi connectivity index (χ1v) is 7.00. The minimum absolute atomic E-state index is 0.00667. The van der Waals surface area contributed by atoms with Gasteiger partial charge < -0.3 is 15.2 Å². The Morgan fingerprint density at radius 3 is 2.63 bits per heavy atom. The number of hydrogen-bond donors (Lipinski definition) is 2. The van der Waals surface area contributed by atoms with Gasteiger partial charge in [-0.25, -0.2) is 0 Å². The molecule has 0 aliphatic heterocycles. The third-order valence-electron chi connectivity index (χ3n) is 2.73. The Morgan fingerprint density at radius 1 is 1.37 bits per heavy atom. The van der Waals surface area contributed by atoms with Crippen molar-refractivity contribution in [3.63, 3.8) is 0 Å². The number of ether oxygens (including phenoxy) is 1. The minimum Gasteiger partial charge on any atom is -0.492 e. The second-order valence-corrected chi connectivity index (χ2v) is 6.23. The van der Waals surface area contributed by atoms with E-state index in [9.17, 15) is 0 Å². The predicted molar refractivity (Wildman–Crippen MR) is 80.2 cm³/mol. The lowest BCUT2D eigenvalue weighted by atomic mass is 9.86. The summed E-state index contributed by atoms with van der Waals surface area (Å²) in [6.07, 6.45) is -0.333. The Morgan fingerprint density at radius 2 is 2.05 bits per heavy atom. The van der Waals surface area contributed by atoms with E-state index in [0.717, 1.165) is 16.3 Å². The third-order valence-corrected chi connectivity index (χ3v) is 2.96. The number of aliphatic hydroxyl groups is 1. The van der Waals surface area contributed by atoms with Gasteiger partial charge in [0.05, 0.1) is 6.10 Å². The molecular weight excluding hydrogens is 262 g/mol. The van der Waals surface area contributed by atoms with Gasteiger partial charge >= 0.3 is 0 Å².